The molecule has 1 atom stereocenters. The molecule has 4 nitrogen and oxygen atoms in total. The first-order chi connectivity index (χ1) is 11.1. The molecule has 1 aliphatic rings. The average molecular weight is 375 g/mol. The number of nitrogens with zero attached hydrogens (tertiary/aromatic N) is 1. The Hall–Kier alpha value is -2.11. The lowest BCUT2D eigenvalue weighted by Gasteiger charge is -2.28. The molecule has 1 heterocycles. The standard InChI is InChI=1S/C15H10ClF3N2O2S/c1-7-11(14(22)23-15(17,18)19)12(10(6-20)13(24)21-7)8-3-2-4-9(16)5-8/h2-5,12,21,24H,1H3/t12-/m1/s1. The van der Waals surface area contributed by atoms with E-state index in [1.54, 1.807) is 18.2 Å². The van der Waals surface area contributed by atoms with E-state index in [0.717, 1.165) is 0 Å². The number of nitriles is 1. The van der Waals surface area contributed by atoms with Gasteiger partial charge in [-0.3, -0.25) is 0 Å². The summed E-state index contributed by atoms with van der Waals surface area (Å²) in [4.78, 5) is 12.0. The fourth-order valence-corrected chi connectivity index (χ4v) is 2.92. The van der Waals surface area contributed by atoms with Crippen LogP contribution in [-0.4, -0.2) is 12.3 Å². The molecule has 1 N–H and O–H groups in total. The third-order valence-electron chi connectivity index (χ3n) is 3.27. The molecule has 0 aromatic heterocycles. The van der Waals surface area contributed by atoms with E-state index in [4.69, 9.17) is 11.6 Å². The Morgan fingerprint density at radius 1 is 1.46 bits per heavy atom. The Kier molecular flexibility index (Phi) is 5.16. The van der Waals surface area contributed by atoms with Crippen molar-refractivity contribution in [2.45, 2.75) is 19.2 Å². The molecule has 1 aromatic carbocycles. The van der Waals surface area contributed by atoms with Crippen molar-refractivity contribution in [3.8, 4) is 6.07 Å². The van der Waals surface area contributed by atoms with Crippen molar-refractivity contribution in [3.63, 3.8) is 0 Å². The molecule has 0 radical (unpaired) electrons. The van der Waals surface area contributed by atoms with E-state index >= 15 is 0 Å². The number of halogens is 4. The Labute approximate surface area is 146 Å². The van der Waals surface area contributed by atoms with E-state index in [1.807, 2.05) is 6.07 Å². The van der Waals surface area contributed by atoms with Crippen molar-refractivity contribution >= 4 is 30.2 Å². The van der Waals surface area contributed by atoms with E-state index in [-0.39, 0.29) is 21.9 Å². The van der Waals surface area contributed by atoms with Gasteiger partial charge in [0.15, 0.2) is 0 Å². The van der Waals surface area contributed by atoms with Gasteiger partial charge in [0.2, 0.25) is 0 Å². The first-order valence-electron chi connectivity index (χ1n) is 6.50. The molecule has 1 aromatic rings. The van der Waals surface area contributed by atoms with Gasteiger partial charge in [0.05, 0.1) is 28.2 Å². The van der Waals surface area contributed by atoms with Gasteiger partial charge < -0.3 is 10.1 Å². The maximum atomic E-state index is 12.4. The quantitative estimate of drug-likeness (QED) is 0.606. The zero-order chi connectivity index (χ0) is 18.1. The number of allylic oxidation sites excluding steroid dienone is 2. The van der Waals surface area contributed by atoms with Gasteiger partial charge in [0, 0.05) is 10.7 Å². The first kappa shape index (κ1) is 18.2. The minimum Gasteiger partial charge on any atom is -0.369 e. The molecule has 0 fully saturated rings. The summed E-state index contributed by atoms with van der Waals surface area (Å²) < 4.78 is 40.8. The third-order valence-corrected chi connectivity index (χ3v) is 3.86. The molecule has 0 bridgehead atoms. The fourth-order valence-electron chi connectivity index (χ4n) is 2.38. The molecule has 2 rings (SSSR count). The number of dihydropyridines is 1. The molecule has 126 valence electrons. The number of hydrogen-bond donors (Lipinski definition) is 2. The number of carbonyl (C=O) groups excluding carboxylic acids is 1. The Balaban J connectivity index is 2.59. The van der Waals surface area contributed by atoms with Crippen LogP contribution < -0.4 is 5.32 Å². The van der Waals surface area contributed by atoms with Gasteiger partial charge in [-0.25, -0.2) is 4.79 Å². The largest absolute Gasteiger partial charge is 0.575 e. The van der Waals surface area contributed by atoms with Gasteiger partial charge in [0.1, 0.15) is 0 Å². The number of alkyl halides is 3. The molecule has 0 aliphatic carbocycles. The van der Waals surface area contributed by atoms with Gasteiger partial charge in [-0.05, 0) is 24.6 Å². The van der Waals surface area contributed by atoms with Crippen LogP contribution in [0, 0.1) is 11.3 Å². The number of hydrogen-bond acceptors (Lipinski definition) is 5. The molecular formula is C15H10ClF3N2O2S. The predicted molar refractivity (Wildman–Crippen MR) is 83.8 cm³/mol. The molecule has 0 saturated heterocycles. The highest BCUT2D eigenvalue weighted by molar-refractivity contribution is 7.84. The van der Waals surface area contributed by atoms with Gasteiger partial charge in [0.25, 0.3) is 0 Å². The highest BCUT2D eigenvalue weighted by atomic mass is 35.5. The smallest absolute Gasteiger partial charge is 0.369 e. The summed E-state index contributed by atoms with van der Waals surface area (Å²) in [7, 11) is 0. The van der Waals surface area contributed by atoms with Crippen LogP contribution >= 0.6 is 24.2 Å². The predicted octanol–water partition coefficient (Wildman–Crippen LogP) is 4.03. The number of carbonyl (C=O) groups is 1. The van der Waals surface area contributed by atoms with Crippen molar-refractivity contribution in [2.75, 3.05) is 0 Å². The van der Waals surface area contributed by atoms with Crippen LogP contribution in [0.4, 0.5) is 13.2 Å². The number of ether oxygens (including phenoxy) is 1. The van der Waals surface area contributed by atoms with E-state index in [2.05, 4.69) is 22.7 Å². The Morgan fingerprint density at radius 2 is 2.12 bits per heavy atom. The molecule has 0 amide bonds. The van der Waals surface area contributed by atoms with Crippen LogP contribution in [0.3, 0.4) is 0 Å². The van der Waals surface area contributed by atoms with Crippen molar-refractivity contribution in [1.29, 1.82) is 5.26 Å². The Morgan fingerprint density at radius 3 is 2.67 bits per heavy atom. The second kappa shape index (κ2) is 6.79. The highest BCUT2D eigenvalue weighted by Gasteiger charge is 2.40. The number of benzene rings is 1. The van der Waals surface area contributed by atoms with Crippen molar-refractivity contribution in [1.82, 2.24) is 5.32 Å². The van der Waals surface area contributed by atoms with Crippen molar-refractivity contribution < 1.29 is 22.7 Å². The topological polar surface area (TPSA) is 62.1 Å². The van der Waals surface area contributed by atoms with Crippen LogP contribution in [0.1, 0.15) is 18.4 Å². The zero-order valence-electron chi connectivity index (χ0n) is 12.1. The van der Waals surface area contributed by atoms with Crippen LogP contribution in [0.25, 0.3) is 0 Å². The molecular weight excluding hydrogens is 365 g/mol. The normalized spacial score (nSPS) is 18.1. The van der Waals surface area contributed by atoms with Gasteiger partial charge in [-0.15, -0.1) is 25.8 Å². The highest BCUT2D eigenvalue weighted by Crippen LogP contribution is 2.40. The number of nitrogens with one attached hydrogen (secondary N) is 1. The lowest BCUT2D eigenvalue weighted by molar-refractivity contribution is -0.303. The van der Waals surface area contributed by atoms with Crippen molar-refractivity contribution in [3.05, 3.63) is 56.7 Å². The van der Waals surface area contributed by atoms with Gasteiger partial charge in [-0.2, -0.15) is 5.26 Å². The van der Waals surface area contributed by atoms with Gasteiger partial charge in [-0.1, -0.05) is 23.7 Å². The molecule has 0 saturated carbocycles. The minimum absolute atomic E-state index is 0.0136. The summed E-state index contributed by atoms with van der Waals surface area (Å²) in [5.41, 5.74) is 0.142. The molecule has 0 spiro atoms. The Bertz CT molecular complexity index is 797. The fraction of sp³-hybridized carbons (Fsp3) is 0.200. The summed E-state index contributed by atoms with van der Waals surface area (Å²) in [6.45, 7) is 1.40. The van der Waals surface area contributed by atoms with E-state index in [0.29, 0.717) is 10.6 Å². The lowest BCUT2D eigenvalue weighted by Crippen LogP contribution is -2.30. The number of esters is 1. The van der Waals surface area contributed by atoms with E-state index in [1.165, 1.54) is 13.0 Å². The van der Waals surface area contributed by atoms with Crippen molar-refractivity contribution in [2.24, 2.45) is 0 Å². The van der Waals surface area contributed by atoms with Crippen LogP contribution in [0.2, 0.25) is 5.02 Å². The monoisotopic (exact) mass is 374 g/mol. The third kappa shape index (κ3) is 3.86. The molecule has 0 unspecified atom stereocenters. The lowest BCUT2D eigenvalue weighted by atomic mass is 9.82. The summed E-state index contributed by atoms with van der Waals surface area (Å²) >= 11 is 10.0. The minimum atomic E-state index is -5.14. The molecule has 24 heavy (non-hydrogen) atoms. The average Bonchev–Trinajstić information content (AvgIpc) is 2.44. The summed E-state index contributed by atoms with van der Waals surface area (Å²) in [6, 6.07) is 8.00. The zero-order valence-corrected chi connectivity index (χ0v) is 13.8. The number of rotatable bonds is 2. The van der Waals surface area contributed by atoms with E-state index in [9.17, 15) is 23.2 Å². The van der Waals surface area contributed by atoms with E-state index < -0.39 is 18.2 Å². The van der Waals surface area contributed by atoms with Gasteiger partial charge >= 0.3 is 12.3 Å². The molecule has 1 aliphatic heterocycles. The SMILES string of the molecule is CC1=C(C(=O)OC(F)(F)F)[C@H](c2cccc(Cl)c2)C(C#N)=C(S)N1. The summed E-state index contributed by atoms with van der Waals surface area (Å²) in [5.74, 6) is -2.66. The van der Waals surface area contributed by atoms with Crippen LogP contribution in [0.15, 0.2) is 46.1 Å². The number of thiol groups is 1. The maximum absolute atomic E-state index is 12.4. The second-order valence-corrected chi connectivity index (χ2v) is 5.74. The summed E-state index contributed by atoms with van der Waals surface area (Å²) in [5, 5.41) is 12.4. The maximum Gasteiger partial charge on any atom is 0.575 e. The van der Waals surface area contributed by atoms with Crippen LogP contribution in [-0.2, 0) is 9.53 Å². The molecule has 9 heteroatoms. The first-order valence-corrected chi connectivity index (χ1v) is 7.33. The summed E-state index contributed by atoms with van der Waals surface area (Å²) in [6.07, 6.45) is -5.14. The van der Waals surface area contributed by atoms with Crippen LogP contribution in [0.5, 0.6) is 0 Å². The second-order valence-electron chi connectivity index (χ2n) is 4.86.